The fourth-order valence-electron chi connectivity index (χ4n) is 2.56. The van der Waals surface area contributed by atoms with Crippen LogP contribution in [-0.4, -0.2) is 60.4 Å². The van der Waals surface area contributed by atoms with Crippen LogP contribution in [0.15, 0.2) is 0 Å². The van der Waals surface area contributed by atoms with Gasteiger partial charge in [-0.2, -0.15) is 0 Å². The Bertz CT molecular complexity index is 253. The molecule has 0 aromatic rings. The third kappa shape index (κ3) is 2.00. The summed E-state index contributed by atoms with van der Waals surface area (Å²) in [6.45, 7) is 5.93. The highest BCUT2D eigenvalue weighted by molar-refractivity contribution is 5.69. The molecule has 0 aliphatic carbocycles. The van der Waals surface area contributed by atoms with Gasteiger partial charge in [0, 0.05) is 25.7 Å². The van der Waals surface area contributed by atoms with Gasteiger partial charge < -0.3 is 15.2 Å². The summed E-state index contributed by atoms with van der Waals surface area (Å²) >= 11 is 0. The summed E-state index contributed by atoms with van der Waals surface area (Å²) in [7, 11) is 0. The molecule has 0 bridgehead atoms. The van der Waals surface area contributed by atoms with E-state index in [4.69, 9.17) is 9.84 Å². The second-order valence-electron chi connectivity index (χ2n) is 4.52. The number of morpholine rings is 1. The molecule has 0 radical (unpaired) electrons. The number of hydrogen-bond donors (Lipinski definition) is 2. The molecule has 0 aromatic heterocycles. The van der Waals surface area contributed by atoms with E-state index in [1.807, 2.05) is 0 Å². The van der Waals surface area contributed by atoms with Gasteiger partial charge in [-0.1, -0.05) is 0 Å². The van der Waals surface area contributed by atoms with Gasteiger partial charge in [0.1, 0.15) is 0 Å². The van der Waals surface area contributed by atoms with Crippen LogP contribution in [0.4, 0.5) is 0 Å². The Morgan fingerprint density at radius 2 is 2.40 bits per heavy atom. The molecular weight excluding hydrogens is 196 g/mol. The Morgan fingerprint density at radius 3 is 2.87 bits per heavy atom. The monoisotopic (exact) mass is 214 g/mol. The van der Waals surface area contributed by atoms with Gasteiger partial charge >= 0.3 is 5.97 Å². The largest absolute Gasteiger partial charge is 0.481 e. The van der Waals surface area contributed by atoms with Crippen LogP contribution in [0.25, 0.3) is 0 Å². The lowest BCUT2D eigenvalue weighted by molar-refractivity contribution is -0.145. The number of carboxylic acid groups (broad SMARTS) is 1. The van der Waals surface area contributed by atoms with Crippen molar-refractivity contribution in [1.82, 2.24) is 10.2 Å². The Balaban J connectivity index is 2.06. The van der Waals surface area contributed by atoms with Crippen LogP contribution < -0.4 is 5.32 Å². The minimum Gasteiger partial charge on any atom is -0.481 e. The summed E-state index contributed by atoms with van der Waals surface area (Å²) in [4.78, 5) is 13.2. The Morgan fingerprint density at radius 1 is 1.67 bits per heavy atom. The van der Waals surface area contributed by atoms with E-state index in [0.29, 0.717) is 19.3 Å². The van der Waals surface area contributed by atoms with Crippen LogP contribution in [0.3, 0.4) is 0 Å². The van der Waals surface area contributed by atoms with Gasteiger partial charge in [-0.3, -0.25) is 9.69 Å². The number of nitrogens with zero attached hydrogens (tertiary/aromatic N) is 1. The highest BCUT2D eigenvalue weighted by Crippen LogP contribution is 2.28. The summed E-state index contributed by atoms with van der Waals surface area (Å²) < 4.78 is 5.37. The molecule has 5 heteroatoms. The first-order valence-electron chi connectivity index (χ1n) is 5.41. The summed E-state index contributed by atoms with van der Waals surface area (Å²) in [5, 5.41) is 12.1. The zero-order chi connectivity index (χ0) is 10.9. The van der Waals surface area contributed by atoms with E-state index in [9.17, 15) is 4.79 Å². The number of rotatable bonds is 3. The summed E-state index contributed by atoms with van der Waals surface area (Å²) in [5.41, 5.74) is -0.172. The van der Waals surface area contributed by atoms with E-state index in [0.717, 1.165) is 19.6 Å². The van der Waals surface area contributed by atoms with Crippen molar-refractivity contribution >= 4 is 5.97 Å². The van der Waals surface area contributed by atoms with Crippen molar-refractivity contribution in [3.8, 4) is 0 Å². The van der Waals surface area contributed by atoms with Gasteiger partial charge in [0.05, 0.1) is 25.2 Å². The Labute approximate surface area is 89.4 Å². The molecule has 2 aliphatic heterocycles. The predicted molar refractivity (Wildman–Crippen MR) is 54.8 cm³/mol. The molecule has 2 fully saturated rings. The lowest BCUT2D eigenvalue weighted by Gasteiger charge is -2.53. The second kappa shape index (κ2) is 4.08. The van der Waals surface area contributed by atoms with Gasteiger partial charge in [0.15, 0.2) is 0 Å². The maximum atomic E-state index is 10.9. The molecular formula is C10H18N2O3. The first kappa shape index (κ1) is 10.9. The molecule has 15 heavy (non-hydrogen) atoms. The van der Waals surface area contributed by atoms with Crippen molar-refractivity contribution in [2.75, 3.05) is 32.8 Å². The van der Waals surface area contributed by atoms with E-state index < -0.39 is 5.97 Å². The Kier molecular flexibility index (Phi) is 2.95. The third-order valence-electron chi connectivity index (χ3n) is 3.37. The number of aliphatic carboxylic acids is 1. The molecule has 1 unspecified atom stereocenters. The van der Waals surface area contributed by atoms with E-state index in [2.05, 4.69) is 17.1 Å². The van der Waals surface area contributed by atoms with Crippen LogP contribution in [0.5, 0.6) is 0 Å². The maximum Gasteiger partial charge on any atom is 0.305 e. The van der Waals surface area contributed by atoms with E-state index in [1.165, 1.54) is 0 Å². The van der Waals surface area contributed by atoms with Crippen LogP contribution >= 0.6 is 0 Å². The molecule has 2 saturated heterocycles. The molecule has 1 atom stereocenters. The average molecular weight is 214 g/mol. The molecule has 2 aliphatic rings. The highest BCUT2D eigenvalue weighted by atomic mass is 16.5. The summed E-state index contributed by atoms with van der Waals surface area (Å²) in [5.74, 6) is -0.713. The SMILES string of the molecule is CC1COCCN1C1(CC(=O)O)CNC1. The minimum absolute atomic E-state index is 0.172. The first-order chi connectivity index (χ1) is 7.14. The van der Waals surface area contributed by atoms with Crippen LogP contribution in [0, 0.1) is 0 Å². The van der Waals surface area contributed by atoms with Gasteiger partial charge in [-0.05, 0) is 6.92 Å². The number of ether oxygens (including phenoxy) is 1. The quantitative estimate of drug-likeness (QED) is 0.664. The molecule has 0 amide bonds. The van der Waals surface area contributed by atoms with Crippen molar-refractivity contribution in [3.05, 3.63) is 0 Å². The maximum absolute atomic E-state index is 10.9. The highest BCUT2D eigenvalue weighted by Gasteiger charge is 2.46. The molecule has 0 saturated carbocycles. The lowest BCUT2D eigenvalue weighted by Crippen LogP contribution is -2.72. The van der Waals surface area contributed by atoms with Crippen LogP contribution in [0.2, 0.25) is 0 Å². The molecule has 0 aromatic carbocycles. The van der Waals surface area contributed by atoms with E-state index in [1.54, 1.807) is 0 Å². The standard InChI is InChI=1S/C10H18N2O3/c1-8-5-15-3-2-12(8)10(4-9(13)14)6-11-7-10/h8,11H,2-7H2,1H3,(H,13,14). The molecule has 2 N–H and O–H groups in total. The number of nitrogens with one attached hydrogen (secondary N) is 1. The van der Waals surface area contributed by atoms with Crippen LogP contribution in [-0.2, 0) is 9.53 Å². The zero-order valence-corrected chi connectivity index (χ0v) is 9.03. The fourth-order valence-corrected chi connectivity index (χ4v) is 2.56. The first-order valence-corrected chi connectivity index (χ1v) is 5.41. The molecule has 5 nitrogen and oxygen atoms in total. The predicted octanol–water partition coefficient (Wildman–Crippen LogP) is -0.476. The van der Waals surface area contributed by atoms with Gasteiger partial charge in [-0.15, -0.1) is 0 Å². The number of hydrogen-bond acceptors (Lipinski definition) is 4. The smallest absolute Gasteiger partial charge is 0.305 e. The lowest BCUT2D eigenvalue weighted by atomic mass is 9.85. The van der Waals surface area contributed by atoms with E-state index >= 15 is 0 Å². The van der Waals surface area contributed by atoms with Gasteiger partial charge in [-0.25, -0.2) is 0 Å². The average Bonchev–Trinajstić information content (AvgIpc) is 2.12. The zero-order valence-electron chi connectivity index (χ0n) is 9.03. The van der Waals surface area contributed by atoms with Crippen molar-refractivity contribution in [2.45, 2.75) is 24.9 Å². The minimum atomic E-state index is -0.713. The van der Waals surface area contributed by atoms with Gasteiger partial charge in [0.2, 0.25) is 0 Å². The van der Waals surface area contributed by atoms with Crippen molar-refractivity contribution in [1.29, 1.82) is 0 Å². The summed E-state index contributed by atoms with van der Waals surface area (Å²) in [6.07, 6.45) is 0.227. The number of carbonyl (C=O) groups is 1. The third-order valence-corrected chi connectivity index (χ3v) is 3.37. The second-order valence-corrected chi connectivity index (χ2v) is 4.52. The normalized spacial score (nSPS) is 30.9. The molecule has 2 heterocycles. The van der Waals surface area contributed by atoms with Crippen LogP contribution in [0.1, 0.15) is 13.3 Å². The summed E-state index contributed by atoms with van der Waals surface area (Å²) in [6, 6.07) is 0.320. The topological polar surface area (TPSA) is 61.8 Å². The fraction of sp³-hybridized carbons (Fsp3) is 0.900. The molecule has 0 spiro atoms. The van der Waals surface area contributed by atoms with E-state index in [-0.39, 0.29) is 12.0 Å². The van der Waals surface area contributed by atoms with Crippen molar-refractivity contribution in [2.24, 2.45) is 0 Å². The van der Waals surface area contributed by atoms with Gasteiger partial charge in [0.25, 0.3) is 0 Å². The molecule has 2 rings (SSSR count). The molecule has 86 valence electrons. The Hall–Kier alpha value is -0.650. The number of carboxylic acids is 1. The van der Waals surface area contributed by atoms with Crippen molar-refractivity contribution in [3.63, 3.8) is 0 Å². The van der Waals surface area contributed by atoms with Crippen molar-refractivity contribution < 1.29 is 14.6 Å².